The monoisotopic (exact) mass is 495 g/mol. The molecule has 1 N–H and O–H groups in total. The van der Waals surface area contributed by atoms with Crippen LogP contribution in [0.1, 0.15) is 18.5 Å². The summed E-state index contributed by atoms with van der Waals surface area (Å²) < 4.78 is 7.79. The number of fused-ring (bicyclic) bond motifs is 2. The number of aryl methyl sites for hydroxylation is 1. The predicted octanol–water partition coefficient (Wildman–Crippen LogP) is 6.31. The number of halogens is 1. The first kappa shape index (κ1) is 22.7. The quantitative estimate of drug-likeness (QED) is 0.297. The molecule has 3 heterocycles. The Morgan fingerprint density at radius 1 is 0.972 bits per heavy atom. The lowest BCUT2D eigenvalue weighted by Gasteiger charge is -2.22. The van der Waals surface area contributed by atoms with E-state index < -0.39 is 0 Å². The van der Waals surface area contributed by atoms with Gasteiger partial charge in [-0.3, -0.25) is 9.98 Å². The number of aromatic nitrogens is 3. The maximum Gasteiger partial charge on any atom is 0.0900 e. The van der Waals surface area contributed by atoms with Gasteiger partial charge in [-0.05, 0) is 74.4 Å². The molecule has 1 aromatic heterocycles. The van der Waals surface area contributed by atoms with Crippen LogP contribution < -0.4 is 10.7 Å². The van der Waals surface area contributed by atoms with E-state index in [0.29, 0.717) is 5.02 Å². The molecule has 0 unspecified atom stereocenters. The maximum atomic E-state index is 6.41. The molecule has 1 saturated heterocycles. The van der Waals surface area contributed by atoms with Crippen LogP contribution in [0.4, 0.5) is 11.4 Å². The van der Waals surface area contributed by atoms with Crippen molar-refractivity contribution in [2.45, 2.75) is 25.8 Å². The third-order valence-corrected chi connectivity index (χ3v) is 6.79. The smallest absolute Gasteiger partial charge is 0.0900 e. The second kappa shape index (κ2) is 9.72. The number of benzene rings is 3. The van der Waals surface area contributed by atoms with Crippen molar-refractivity contribution >= 4 is 34.0 Å². The lowest BCUT2D eigenvalue weighted by molar-refractivity contribution is 0.0864. The second-order valence-electron chi connectivity index (χ2n) is 9.01. The third kappa shape index (κ3) is 4.45. The molecule has 180 valence electrons. The molecule has 6 rings (SSSR count). The Morgan fingerprint density at radius 3 is 2.67 bits per heavy atom. The largest absolute Gasteiger partial charge is 0.381 e. The highest BCUT2D eigenvalue weighted by molar-refractivity contribution is 6.30. The zero-order valence-electron chi connectivity index (χ0n) is 20.0. The zero-order chi connectivity index (χ0) is 24.5. The van der Waals surface area contributed by atoms with Crippen LogP contribution in [0.5, 0.6) is 0 Å². The van der Waals surface area contributed by atoms with E-state index in [-0.39, 0.29) is 6.04 Å². The average Bonchev–Trinajstić information content (AvgIpc) is 2.89. The number of nitrogens with zero attached hydrogens (tertiary/aromatic N) is 4. The highest BCUT2D eigenvalue weighted by Crippen LogP contribution is 2.31. The fourth-order valence-corrected chi connectivity index (χ4v) is 4.90. The molecular weight excluding hydrogens is 470 g/mol. The predicted molar refractivity (Wildman–Crippen MR) is 144 cm³/mol. The molecule has 0 amide bonds. The second-order valence-corrected chi connectivity index (χ2v) is 9.44. The molecule has 0 saturated carbocycles. The molecule has 36 heavy (non-hydrogen) atoms. The van der Waals surface area contributed by atoms with Crippen LogP contribution in [-0.4, -0.2) is 33.8 Å². The van der Waals surface area contributed by atoms with Gasteiger partial charge in [0.15, 0.2) is 0 Å². The van der Waals surface area contributed by atoms with Gasteiger partial charge in [0, 0.05) is 30.1 Å². The van der Waals surface area contributed by atoms with Crippen LogP contribution in [0, 0.1) is 6.92 Å². The molecule has 0 spiro atoms. The molecular formula is C29H26ClN5O. The number of pyridine rings is 1. The van der Waals surface area contributed by atoms with Crippen LogP contribution in [0.2, 0.25) is 5.02 Å². The van der Waals surface area contributed by atoms with Gasteiger partial charge in [0.2, 0.25) is 0 Å². The molecule has 2 aliphatic heterocycles. The SMILES string of the molecule is Cc1ncccc1Nc1cc2nc3ccccc3n(-c3cccc(Cl)c3)c-2c/c1=N\C1CCOCC1. The lowest BCUT2D eigenvalue weighted by atomic mass is 10.1. The third-order valence-electron chi connectivity index (χ3n) is 6.55. The van der Waals surface area contributed by atoms with Gasteiger partial charge >= 0.3 is 0 Å². The van der Waals surface area contributed by atoms with Crippen molar-refractivity contribution in [2.24, 2.45) is 4.99 Å². The first-order valence-corrected chi connectivity index (χ1v) is 12.6. The fourth-order valence-electron chi connectivity index (χ4n) is 4.71. The summed E-state index contributed by atoms with van der Waals surface area (Å²) in [6.07, 6.45) is 3.62. The number of anilines is 2. The standard InChI is InChI=1S/C29H26ClN5O/c1-19-23(9-5-13-31-19)33-25-17-27-29(18-26(25)32-21-11-14-36-15-12-21)35(22-7-4-6-20(30)16-22)28-10-3-2-8-24(28)34-27/h2-10,13,16-18,21,33H,11-12,14-15H2,1H3/b32-26+. The van der Waals surface area contributed by atoms with Crippen molar-refractivity contribution < 1.29 is 4.74 Å². The Kier molecular flexibility index (Phi) is 6.13. The molecule has 1 fully saturated rings. The maximum absolute atomic E-state index is 6.41. The minimum absolute atomic E-state index is 0.208. The minimum atomic E-state index is 0.208. The van der Waals surface area contributed by atoms with E-state index in [1.54, 1.807) is 6.20 Å². The normalized spacial score (nSPS) is 15.0. The van der Waals surface area contributed by atoms with Gasteiger partial charge in [-0.25, -0.2) is 4.98 Å². The summed E-state index contributed by atoms with van der Waals surface area (Å²) in [5, 5.41) is 5.16. The van der Waals surface area contributed by atoms with E-state index in [4.69, 9.17) is 26.3 Å². The molecule has 3 aliphatic rings. The average molecular weight is 496 g/mol. The molecule has 0 atom stereocenters. The van der Waals surface area contributed by atoms with Crippen molar-refractivity contribution in [1.29, 1.82) is 0 Å². The van der Waals surface area contributed by atoms with E-state index in [0.717, 1.165) is 76.6 Å². The van der Waals surface area contributed by atoms with Gasteiger partial charge < -0.3 is 14.6 Å². The van der Waals surface area contributed by atoms with Gasteiger partial charge in [-0.15, -0.1) is 0 Å². The molecule has 7 heteroatoms. The Labute approximate surface area is 214 Å². The van der Waals surface area contributed by atoms with Crippen molar-refractivity contribution in [3.63, 3.8) is 0 Å². The van der Waals surface area contributed by atoms with E-state index in [1.807, 2.05) is 55.5 Å². The number of hydrogen-bond donors (Lipinski definition) is 1. The van der Waals surface area contributed by atoms with E-state index >= 15 is 0 Å². The van der Waals surface area contributed by atoms with E-state index in [2.05, 4.69) is 39.1 Å². The lowest BCUT2D eigenvalue weighted by Crippen LogP contribution is -2.23. The molecule has 1 aliphatic carbocycles. The highest BCUT2D eigenvalue weighted by atomic mass is 35.5. The number of nitrogens with one attached hydrogen (secondary N) is 1. The van der Waals surface area contributed by atoms with E-state index in [1.165, 1.54) is 0 Å². The van der Waals surface area contributed by atoms with Crippen molar-refractivity contribution in [2.75, 3.05) is 18.5 Å². The minimum Gasteiger partial charge on any atom is -0.381 e. The van der Waals surface area contributed by atoms with Crippen LogP contribution in [0.25, 0.3) is 28.1 Å². The Hall–Kier alpha value is -3.74. The van der Waals surface area contributed by atoms with Crippen LogP contribution in [0.3, 0.4) is 0 Å². The first-order valence-electron chi connectivity index (χ1n) is 12.2. The summed E-state index contributed by atoms with van der Waals surface area (Å²) in [6.45, 7) is 3.47. The van der Waals surface area contributed by atoms with Gasteiger partial charge in [0.1, 0.15) is 0 Å². The molecule has 0 radical (unpaired) electrons. The van der Waals surface area contributed by atoms with E-state index in [9.17, 15) is 0 Å². The number of ether oxygens (including phenoxy) is 1. The van der Waals surface area contributed by atoms with Crippen LogP contribution in [0.15, 0.2) is 84.0 Å². The molecule has 6 nitrogen and oxygen atoms in total. The van der Waals surface area contributed by atoms with Gasteiger partial charge in [-0.2, -0.15) is 0 Å². The summed E-state index contributed by atoms with van der Waals surface area (Å²) in [7, 11) is 0. The van der Waals surface area contributed by atoms with Gasteiger partial charge in [0.25, 0.3) is 0 Å². The topological polar surface area (TPSA) is 64.3 Å². The fraction of sp³-hybridized carbons (Fsp3) is 0.207. The van der Waals surface area contributed by atoms with Crippen LogP contribution in [-0.2, 0) is 4.74 Å². The number of para-hydroxylation sites is 2. The summed E-state index contributed by atoms with van der Waals surface area (Å²) >= 11 is 6.41. The molecule has 2 aromatic carbocycles. The van der Waals surface area contributed by atoms with Crippen molar-refractivity contribution in [1.82, 2.24) is 14.5 Å². The summed E-state index contributed by atoms with van der Waals surface area (Å²) in [6, 6.07) is 24.5. The Morgan fingerprint density at radius 2 is 1.83 bits per heavy atom. The Bertz CT molecular complexity index is 1590. The summed E-state index contributed by atoms with van der Waals surface area (Å²) in [5.41, 5.74) is 7.51. The summed E-state index contributed by atoms with van der Waals surface area (Å²) in [5.74, 6) is 0. The zero-order valence-corrected chi connectivity index (χ0v) is 20.7. The number of rotatable bonds is 4. The summed E-state index contributed by atoms with van der Waals surface area (Å²) in [4.78, 5) is 14.7. The van der Waals surface area contributed by atoms with Crippen molar-refractivity contribution in [3.8, 4) is 17.1 Å². The molecule has 0 bridgehead atoms. The highest BCUT2D eigenvalue weighted by Gasteiger charge is 2.18. The number of hydrogen-bond acceptors (Lipinski definition) is 5. The molecule has 3 aromatic rings. The first-order chi connectivity index (χ1) is 17.7. The van der Waals surface area contributed by atoms with Gasteiger partial charge in [0.05, 0.1) is 50.9 Å². The van der Waals surface area contributed by atoms with Crippen LogP contribution >= 0.6 is 11.6 Å². The van der Waals surface area contributed by atoms with Gasteiger partial charge in [-0.1, -0.05) is 29.8 Å². The van der Waals surface area contributed by atoms with Crippen molar-refractivity contribution in [3.05, 3.63) is 95.1 Å². The Balaban J connectivity index is 1.64.